The van der Waals surface area contributed by atoms with E-state index in [-0.39, 0.29) is 15.7 Å². The maximum absolute atomic E-state index is 12.6. The van der Waals surface area contributed by atoms with Gasteiger partial charge in [0.25, 0.3) is 10.0 Å². The van der Waals surface area contributed by atoms with Gasteiger partial charge >= 0.3 is 0 Å². The summed E-state index contributed by atoms with van der Waals surface area (Å²) < 4.78 is 33.9. The maximum atomic E-state index is 12.6. The van der Waals surface area contributed by atoms with Gasteiger partial charge in [0.15, 0.2) is 0 Å². The van der Waals surface area contributed by atoms with Crippen LogP contribution < -0.4 is 9.46 Å². The fourth-order valence-corrected chi connectivity index (χ4v) is 5.03. The summed E-state index contributed by atoms with van der Waals surface area (Å²) in [4.78, 5) is 12.5. The van der Waals surface area contributed by atoms with E-state index in [0.717, 1.165) is 11.1 Å². The zero-order valence-electron chi connectivity index (χ0n) is 14.0. The van der Waals surface area contributed by atoms with E-state index in [4.69, 9.17) is 16.3 Å². The summed E-state index contributed by atoms with van der Waals surface area (Å²) in [6.45, 7) is 1.53. The van der Waals surface area contributed by atoms with Gasteiger partial charge < -0.3 is 4.74 Å². The summed E-state index contributed by atoms with van der Waals surface area (Å²) in [5.41, 5.74) is 1.97. The minimum Gasteiger partial charge on any atom is -0.496 e. The van der Waals surface area contributed by atoms with Crippen LogP contribution in [0.1, 0.15) is 29.2 Å². The fraction of sp³-hybridized carbons (Fsp3) is 0.375. The number of sulfonamides is 1. The van der Waals surface area contributed by atoms with E-state index in [1.807, 2.05) is 12.1 Å². The normalized spacial score (nSPS) is 16.6. The molecule has 9 heteroatoms. The number of nitrogens with zero attached hydrogens (tertiary/aromatic N) is 2. The third kappa shape index (κ3) is 3.00. The first-order chi connectivity index (χ1) is 11.8. The van der Waals surface area contributed by atoms with Crippen LogP contribution in [0.2, 0.25) is 5.15 Å². The fourth-order valence-electron chi connectivity index (χ4n) is 3.25. The van der Waals surface area contributed by atoms with E-state index in [9.17, 15) is 13.2 Å². The second-order valence-electron chi connectivity index (χ2n) is 5.92. The van der Waals surface area contributed by atoms with Gasteiger partial charge in [0.05, 0.1) is 18.7 Å². The summed E-state index contributed by atoms with van der Waals surface area (Å²) in [6, 6.07) is 5.44. The summed E-state index contributed by atoms with van der Waals surface area (Å²) in [6.07, 6.45) is 1.18. The summed E-state index contributed by atoms with van der Waals surface area (Å²) in [7, 11) is -0.994. The number of methoxy groups -OCH3 is 1. The largest absolute Gasteiger partial charge is 0.496 e. The Bertz CT molecular complexity index is 953. The Labute approximate surface area is 151 Å². The number of hydrogen-bond acceptors (Lipinski definition) is 5. The minimum atomic E-state index is -4.10. The second-order valence-corrected chi connectivity index (χ2v) is 7.90. The number of carbonyl (C=O) groups excluding carboxylic acids is 1. The molecule has 1 aromatic heterocycles. The molecule has 0 saturated carbocycles. The van der Waals surface area contributed by atoms with Crippen molar-refractivity contribution in [1.29, 1.82) is 0 Å². The molecular weight excluding hydrogens is 366 g/mol. The lowest BCUT2D eigenvalue weighted by Gasteiger charge is -2.13. The molecule has 134 valence electrons. The summed E-state index contributed by atoms with van der Waals surface area (Å²) >= 11 is 6.02. The van der Waals surface area contributed by atoms with Crippen LogP contribution >= 0.6 is 11.6 Å². The standard InChI is InChI=1S/C16H18ClN3O4S/c1-9-14(15(17)20(2)18-9)25(22,23)19-16(21)12-8-7-11-10(12)5-4-6-13(11)24-3/h4-6,12H,7-8H2,1-3H3,(H,19,21). The van der Waals surface area contributed by atoms with Gasteiger partial charge in [-0.05, 0) is 37.0 Å². The molecule has 1 aliphatic carbocycles. The monoisotopic (exact) mass is 383 g/mol. The topological polar surface area (TPSA) is 90.3 Å². The van der Waals surface area contributed by atoms with Crippen molar-refractivity contribution in [1.82, 2.24) is 14.5 Å². The highest BCUT2D eigenvalue weighted by molar-refractivity contribution is 7.90. The van der Waals surface area contributed by atoms with Crippen molar-refractivity contribution in [2.45, 2.75) is 30.6 Å². The van der Waals surface area contributed by atoms with Crippen LogP contribution in [0.4, 0.5) is 0 Å². The number of aromatic nitrogens is 2. The van der Waals surface area contributed by atoms with Crippen molar-refractivity contribution in [2.75, 3.05) is 7.11 Å². The lowest BCUT2D eigenvalue weighted by Crippen LogP contribution is -2.34. The van der Waals surface area contributed by atoms with Crippen LogP contribution in [0.15, 0.2) is 23.1 Å². The number of aryl methyl sites for hydroxylation is 2. The molecule has 1 atom stereocenters. The molecule has 0 spiro atoms. The number of halogens is 1. The number of nitrogens with one attached hydrogen (secondary N) is 1. The molecule has 0 fully saturated rings. The minimum absolute atomic E-state index is 0.0358. The third-order valence-corrected chi connectivity index (χ3v) is 6.41. The highest BCUT2D eigenvalue weighted by atomic mass is 35.5. The van der Waals surface area contributed by atoms with Gasteiger partial charge in [0.1, 0.15) is 15.8 Å². The molecule has 1 aliphatic rings. The Morgan fingerprint density at radius 1 is 1.44 bits per heavy atom. The smallest absolute Gasteiger partial charge is 0.269 e. The van der Waals surface area contributed by atoms with Crippen LogP contribution in [0, 0.1) is 6.92 Å². The van der Waals surface area contributed by atoms with Crippen molar-refractivity contribution in [3.63, 3.8) is 0 Å². The van der Waals surface area contributed by atoms with E-state index in [1.54, 1.807) is 13.2 Å². The molecule has 3 rings (SSSR count). The molecule has 0 saturated heterocycles. The van der Waals surface area contributed by atoms with Crippen molar-refractivity contribution >= 4 is 27.5 Å². The third-order valence-electron chi connectivity index (χ3n) is 4.37. The molecule has 2 aromatic rings. The van der Waals surface area contributed by atoms with E-state index in [2.05, 4.69) is 9.82 Å². The lowest BCUT2D eigenvalue weighted by atomic mass is 10.0. The van der Waals surface area contributed by atoms with Crippen LogP contribution in [0.3, 0.4) is 0 Å². The molecule has 1 unspecified atom stereocenters. The highest BCUT2D eigenvalue weighted by Gasteiger charge is 2.34. The van der Waals surface area contributed by atoms with Crippen LogP contribution in [-0.2, 0) is 28.3 Å². The molecule has 25 heavy (non-hydrogen) atoms. The molecule has 1 amide bonds. The van der Waals surface area contributed by atoms with Crippen molar-refractivity contribution in [3.05, 3.63) is 40.2 Å². The Kier molecular flexibility index (Phi) is 4.51. The van der Waals surface area contributed by atoms with Crippen LogP contribution in [0.5, 0.6) is 5.75 Å². The number of carbonyl (C=O) groups is 1. The average molecular weight is 384 g/mol. The summed E-state index contributed by atoms with van der Waals surface area (Å²) in [5, 5.41) is 3.94. The van der Waals surface area contributed by atoms with E-state index >= 15 is 0 Å². The number of rotatable bonds is 4. The number of ether oxygens (including phenoxy) is 1. The Hall–Kier alpha value is -2.06. The van der Waals surface area contributed by atoms with Gasteiger partial charge in [0, 0.05) is 7.05 Å². The molecule has 0 aliphatic heterocycles. The van der Waals surface area contributed by atoms with E-state index in [1.165, 1.54) is 18.7 Å². The van der Waals surface area contributed by atoms with Crippen molar-refractivity contribution < 1.29 is 17.9 Å². The average Bonchev–Trinajstić information content (AvgIpc) is 3.08. The quantitative estimate of drug-likeness (QED) is 0.871. The van der Waals surface area contributed by atoms with Gasteiger partial charge in [-0.1, -0.05) is 23.7 Å². The molecule has 1 N–H and O–H groups in total. The van der Waals surface area contributed by atoms with Gasteiger partial charge in [-0.3, -0.25) is 9.48 Å². The number of hydrogen-bond donors (Lipinski definition) is 1. The lowest BCUT2D eigenvalue weighted by molar-refractivity contribution is -0.120. The molecule has 7 nitrogen and oxygen atoms in total. The maximum Gasteiger partial charge on any atom is 0.269 e. The number of amides is 1. The molecule has 1 heterocycles. The van der Waals surface area contributed by atoms with Crippen LogP contribution in [-0.4, -0.2) is 31.2 Å². The van der Waals surface area contributed by atoms with Crippen molar-refractivity contribution in [3.8, 4) is 5.75 Å². The first-order valence-corrected chi connectivity index (χ1v) is 9.54. The predicted molar refractivity (Wildman–Crippen MR) is 92.3 cm³/mol. The van der Waals surface area contributed by atoms with Crippen LogP contribution in [0.25, 0.3) is 0 Å². The van der Waals surface area contributed by atoms with Gasteiger partial charge in [-0.15, -0.1) is 0 Å². The zero-order valence-corrected chi connectivity index (χ0v) is 15.6. The highest BCUT2D eigenvalue weighted by Crippen LogP contribution is 2.38. The predicted octanol–water partition coefficient (Wildman–Crippen LogP) is 1.93. The molecule has 0 radical (unpaired) electrons. The Morgan fingerprint density at radius 2 is 2.16 bits per heavy atom. The first-order valence-electron chi connectivity index (χ1n) is 7.67. The van der Waals surface area contributed by atoms with E-state index in [0.29, 0.717) is 18.6 Å². The molecule has 1 aromatic carbocycles. The number of fused-ring (bicyclic) bond motifs is 1. The first kappa shape index (κ1) is 17.8. The zero-order chi connectivity index (χ0) is 18.4. The summed E-state index contributed by atoms with van der Waals surface area (Å²) in [5.74, 6) is -0.413. The molecular formula is C16H18ClN3O4S. The van der Waals surface area contributed by atoms with Gasteiger partial charge in [0.2, 0.25) is 5.91 Å². The SMILES string of the molecule is COc1cccc2c1CCC2C(=O)NS(=O)(=O)c1c(C)nn(C)c1Cl. The molecule has 0 bridgehead atoms. The van der Waals surface area contributed by atoms with Gasteiger partial charge in [-0.25, -0.2) is 13.1 Å². The van der Waals surface area contributed by atoms with Gasteiger partial charge in [-0.2, -0.15) is 5.10 Å². The Morgan fingerprint density at radius 3 is 2.76 bits per heavy atom. The van der Waals surface area contributed by atoms with E-state index < -0.39 is 21.8 Å². The second kappa shape index (κ2) is 6.34. The number of benzene rings is 1. The van der Waals surface area contributed by atoms with Crippen molar-refractivity contribution in [2.24, 2.45) is 7.05 Å². The Balaban J connectivity index is 1.90.